The van der Waals surface area contributed by atoms with E-state index in [1.807, 2.05) is 0 Å². The SMILES string of the molecule is O=CC(Cl)Cc1cc(F)ccc1Br. The fourth-order valence-electron chi connectivity index (χ4n) is 0.958. The molecule has 0 aliphatic carbocycles. The van der Waals surface area contributed by atoms with Gasteiger partial charge < -0.3 is 4.79 Å². The van der Waals surface area contributed by atoms with Gasteiger partial charge in [0.2, 0.25) is 0 Å². The standard InChI is InChI=1S/C9H7BrClFO/c10-9-2-1-8(12)4-6(9)3-7(11)5-13/h1-2,4-5,7H,3H2. The normalized spacial score (nSPS) is 12.5. The predicted molar refractivity (Wildman–Crippen MR) is 53.5 cm³/mol. The van der Waals surface area contributed by atoms with Crippen molar-refractivity contribution in [2.75, 3.05) is 0 Å². The molecule has 0 N–H and O–H groups in total. The average Bonchev–Trinajstić information content (AvgIpc) is 2.11. The molecule has 4 heteroatoms. The molecule has 13 heavy (non-hydrogen) atoms. The van der Waals surface area contributed by atoms with Crippen LogP contribution in [0.3, 0.4) is 0 Å². The van der Waals surface area contributed by atoms with Crippen LogP contribution >= 0.6 is 27.5 Å². The molecule has 0 aliphatic rings. The second-order valence-electron chi connectivity index (χ2n) is 2.59. The highest BCUT2D eigenvalue weighted by molar-refractivity contribution is 9.10. The highest BCUT2D eigenvalue weighted by Crippen LogP contribution is 2.20. The molecule has 1 aromatic rings. The molecular weight excluding hydrogens is 258 g/mol. The zero-order chi connectivity index (χ0) is 9.84. The molecule has 70 valence electrons. The average molecular weight is 266 g/mol. The van der Waals surface area contributed by atoms with E-state index in [-0.39, 0.29) is 5.82 Å². The van der Waals surface area contributed by atoms with Gasteiger partial charge in [0.15, 0.2) is 0 Å². The molecule has 0 saturated carbocycles. The third kappa shape index (κ3) is 3.08. The molecule has 0 spiro atoms. The van der Waals surface area contributed by atoms with Crippen molar-refractivity contribution in [2.24, 2.45) is 0 Å². The quantitative estimate of drug-likeness (QED) is 0.607. The molecule has 0 bridgehead atoms. The fraction of sp³-hybridized carbons (Fsp3) is 0.222. The minimum atomic E-state index is -0.599. The number of carbonyl (C=O) groups is 1. The predicted octanol–water partition coefficient (Wildman–Crippen LogP) is 2.94. The van der Waals surface area contributed by atoms with Crippen LogP contribution in [0.1, 0.15) is 5.56 Å². The van der Waals surface area contributed by atoms with Crippen molar-refractivity contribution < 1.29 is 9.18 Å². The van der Waals surface area contributed by atoms with Crippen LogP contribution in [-0.4, -0.2) is 11.7 Å². The van der Waals surface area contributed by atoms with Gasteiger partial charge in [0.25, 0.3) is 0 Å². The number of benzene rings is 1. The van der Waals surface area contributed by atoms with Gasteiger partial charge in [-0.15, -0.1) is 11.6 Å². The summed E-state index contributed by atoms with van der Waals surface area (Å²) in [5.41, 5.74) is 0.701. The van der Waals surface area contributed by atoms with E-state index >= 15 is 0 Å². The number of halogens is 3. The summed E-state index contributed by atoms with van der Waals surface area (Å²) in [6, 6.07) is 4.31. The number of alkyl halides is 1. The molecule has 1 unspecified atom stereocenters. The molecule has 0 fully saturated rings. The maximum absolute atomic E-state index is 12.7. The summed E-state index contributed by atoms with van der Waals surface area (Å²) in [5.74, 6) is -0.326. The lowest BCUT2D eigenvalue weighted by Gasteiger charge is -2.04. The van der Waals surface area contributed by atoms with Gasteiger partial charge in [-0.2, -0.15) is 0 Å². The first-order valence-electron chi connectivity index (χ1n) is 3.67. The van der Waals surface area contributed by atoms with Gasteiger partial charge >= 0.3 is 0 Å². The number of rotatable bonds is 3. The van der Waals surface area contributed by atoms with Gasteiger partial charge in [-0.3, -0.25) is 0 Å². The Morgan fingerprint density at radius 2 is 2.31 bits per heavy atom. The van der Waals surface area contributed by atoms with E-state index in [0.717, 1.165) is 4.47 Å². The zero-order valence-corrected chi connectivity index (χ0v) is 8.98. The van der Waals surface area contributed by atoms with Crippen molar-refractivity contribution in [3.63, 3.8) is 0 Å². The van der Waals surface area contributed by atoms with Crippen LogP contribution in [0.4, 0.5) is 4.39 Å². The molecule has 1 aromatic carbocycles. The Morgan fingerprint density at radius 3 is 2.92 bits per heavy atom. The molecule has 0 radical (unpaired) electrons. The molecule has 0 aliphatic heterocycles. The minimum absolute atomic E-state index is 0.326. The van der Waals surface area contributed by atoms with Crippen LogP contribution < -0.4 is 0 Å². The number of hydrogen-bond donors (Lipinski definition) is 0. The molecule has 1 atom stereocenters. The van der Waals surface area contributed by atoms with Crippen LogP contribution in [0, 0.1) is 5.82 Å². The minimum Gasteiger partial charge on any atom is -0.302 e. The monoisotopic (exact) mass is 264 g/mol. The van der Waals surface area contributed by atoms with E-state index in [2.05, 4.69) is 15.9 Å². The smallest absolute Gasteiger partial charge is 0.138 e. The molecule has 0 saturated heterocycles. The maximum atomic E-state index is 12.7. The Balaban J connectivity index is 2.86. The molecule has 1 nitrogen and oxygen atoms in total. The van der Waals surface area contributed by atoms with Crippen molar-refractivity contribution in [2.45, 2.75) is 11.8 Å². The first-order chi connectivity index (χ1) is 6.13. The third-order valence-electron chi connectivity index (χ3n) is 1.57. The molecule has 0 amide bonds. The van der Waals surface area contributed by atoms with Gasteiger partial charge in [-0.1, -0.05) is 15.9 Å². The zero-order valence-electron chi connectivity index (χ0n) is 6.64. The summed E-state index contributed by atoms with van der Waals surface area (Å²) in [6.45, 7) is 0. The van der Waals surface area contributed by atoms with Crippen LogP contribution in [0.2, 0.25) is 0 Å². The van der Waals surface area contributed by atoms with Gasteiger partial charge in [0, 0.05) is 4.47 Å². The molecule has 1 rings (SSSR count). The Bertz CT molecular complexity index is 316. The van der Waals surface area contributed by atoms with Crippen LogP contribution in [0.5, 0.6) is 0 Å². The van der Waals surface area contributed by atoms with Crippen molar-refractivity contribution in [1.82, 2.24) is 0 Å². The first-order valence-corrected chi connectivity index (χ1v) is 4.89. The van der Waals surface area contributed by atoms with Gasteiger partial charge in [0.05, 0.1) is 5.38 Å². The van der Waals surface area contributed by atoms with Crippen molar-refractivity contribution in [3.8, 4) is 0 Å². The summed E-state index contributed by atoms with van der Waals surface area (Å²) in [5, 5.41) is -0.599. The maximum Gasteiger partial charge on any atom is 0.138 e. The lowest BCUT2D eigenvalue weighted by molar-refractivity contribution is -0.107. The Labute approximate surface area is 89.0 Å². The number of carbonyl (C=O) groups excluding carboxylic acids is 1. The molecule has 0 heterocycles. The third-order valence-corrected chi connectivity index (χ3v) is 2.60. The van der Waals surface area contributed by atoms with E-state index in [9.17, 15) is 9.18 Å². The second kappa shape index (κ2) is 4.72. The summed E-state index contributed by atoms with van der Waals surface area (Å²) in [6.07, 6.45) is 0.975. The Morgan fingerprint density at radius 1 is 1.62 bits per heavy atom. The van der Waals surface area contributed by atoms with Gasteiger partial charge in [-0.25, -0.2) is 4.39 Å². The van der Waals surface area contributed by atoms with Crippen molar-refractivity contribution in [1.29, 1.82) is 0 Å². The van der Waals surface area contributed by atoms with E-state index in [0.29, 0.717) is 18.3 Å². The lowest BCUT2D eigenvalue weighted by atomic mass is 10.1. The fourth-order valence-corrected chi connectivity index (χ4v) is 1.53. The van der Waals surface area contributed by atoms with Gasteiger partial charge in [-0.05, 0) is 30.2 Å². The molecular formula is C9H7BrClFO. The highest BCUT2D eigenvalue weighted by atomic mass is 79.9. The van der Waals surface area contributed by atoms with Crippen LogP contribution in [-0.2, 0) is 11.2 Å². The highest BCUT2D eigenvalue weighted by Gasteiger charge is 2.07. The van der Waals surface area contributed by atoms with Crippen LogP contribution in [0.25, 0.3) is 0 Å². The van der Waals surface area contributed by atoms with E-state index in [4.69, 9.17) is 11.6 Å². The second-order valence-corrected chi connectivity index (χ2v) is 4.01. The Hall–Kier alpha value is -0.410. The molecule has 0 aromatic heterocycles. The topological polar surface area (TPSA) is 17.1 Å². The van der Waals surface area contributed by atoms with E-state index < -0.39 is 5.38 Å². The van der Waals surface area contributed by atoms with E-state index in [1.165, 1.54) is 12.1 Å². The first kappa shape index (κ1) is 10.7. The summed E-state index contributed by atoms with van der Waals surface area (Å²) in [7, 11) is 0. The van der Waals surface area contributed by atoms with E-state index in [1.54, 1.807) is 6.07 Å². The summed E-state index contributed by atoms with van der Waals surface area (Å²) >= 11 is 8.86. The van der Waals surface area contributed by atoms with Crippen molar-refractivity contribution in [3.05, 3.63) is 34.1 Å². The van der Waals surface area contributed by atoms with Gasteiger partial charge in [0.1, 0.15) is 12.1 Å². The van der Waals surface area contributed by atoms with Crippen LogP contribution in [0.15, 0.2) is 22.7 Å². The number of aldehydes is 1. The lowest BCUT2D eigenvalue weighted by Crippen LogP contribution is -2.05. The largest absolute Gasteiger partial charge is 0.302 e. The van der Waals surface area contributed by atoms with Crippen molar-refractivity contribution >= 4 is 33.8 Å². The summed E-state index contributed by atoms with van der Waals surface area (Å²) in [4.78, 5) is 10.3. The summed E-state index contributed by atoms with van der Waals surface area (Å²) < 4.78 is 13.5. The Kier molecular flexibility index (Phi) is 3.88. The number of hydrogen-bond acceptors (Lipinski definition) is 1.